The molecule has 0 aliphatic rings. The van der Waals surface area contributed by atoms with Crippen molar-refractivity contribution in [3.05, 3.63) is 23.9 Å². The van der Waals surface area contributed by atoms with E-state index < -0.39 is 12.7 Å². The van der Waals surface area contributed by atoms with Crippen LogP contribution in [0.1, 0.15) is 19.0 Å². The van der Waals surface area contributed by atoms with E-state index in [-0.39, 0.29) is 19.0 Å². The van der Waals surface area contributed by atoms with Gasteiger partial charge in [0.15, 0.2) is 0 Å². The normalized spacial score (nSPS) is 11.6. The third kappa shape index (κ3) is 4.60. The predicted octanol–water partition coefficient (Wildman–Crippen LogP) is 2.35. The molecule has 96 valence electrons. The molecule has 0 atom stereocenters. The Kier molecular flexibility index (Phi) is 4.74. The Bertz CT molecular complexity index is 355. The molecule has 0 radical (unpaired) electrons. The number of hydrogen-bond acceptors (Lipinski definition) is 3. The van der Waals surface area contributed by atoms with Crippen LogP contribution in [0.3, 0.4) is 0 Å². The average molecular weight is 248 g/mol. The van der Waals surface area contributed by atoms with Gasteiger partial charge >= 0.3 is 6.18 Å². The van der Waals surface area contributed by atoms with E-state index in [2.05, 4.69) is 4.98 Å². The molecule has 3 nitrogen and oxygen atoms in total. The molecule has 0 saturated carbocycles. The van der Waals surface area contributed by atoms with Gasteiger partial charge in [-0.25, -0.2) is 4.98 Å². The van der Waals surface area contributed by atoms with Crippen LogP contribution >= 0.6 is 0 Å². The van der Waals surface area contributed by atoms with Crippen LogP contribution < -0.4 is 4.90 Å². The van der Waals surface area contributed by atoms with Crippen LogP contribution in [0.5, 0.6) is 0 Å². The van der Waals surface area contributed by atoms with Gasteiger partial charge in [-0.15, -0.1) is 0 Å². The summed E-state index contributed by atoms with van der Waals surface area (Å²) >= 11 is 0. The van der Waals surface area contributed by atoms with Gasteiger partial charge in [0.25, 0.3) is 0 Å². The number of anilines is 1. The fraction of sp³-hybridized carbons (Fsp3) is 0.545. The Morgan fingerprint density at radius 1 is 1.35 bits per heavy atom. The van der Waals surface area contributed by atoms with Gasteiger partial charge < -0.3 is 10.0 Å². The first-order valence-corrected chi connectivity index (χ1v) is 5.34. The molecular weight excluding hydrogens is 233 g/mol. The van der Waals surface area contributed by atoms with Crippen molar-refractivity contribution in [3.63, 3.8) is 0 Å². The van der Waals surface area contributed by atoms with Crippen molar-refractivity contribution in [1.29, 1.82) is 0 Å². The Hall–Kier alpha value is -1.30. The van der Waals surface area contributed by atoms with Crippen molar-refractivity contribution < 1.29 is 18.3 Å². The van der Waals surface area contributed by atoms with Crippen molar-refractivity contribution in [2.24, 2.45) is 0 Å². The van der Waals surface area contributed by atoms with Crippen LogP contribution in [0.4, 0.5) is 19.0 Å². The predicted molar refractivity (Wildman–Crippen MR) is 58.7 cm³/mol. The number of pyridine rings is 1. The topological polar surface area (TPSA) is 36.4 Å². The first-order valence-electron chi connectivity index (χ1n) is 5.34. The molecule has 6 heteroatoms. The largest absolute Gasteiger partial charge is 0.405 e. The van der Waals surface area contributed by atoms with Crippen molar-refractivity contribution in [2.45, 2.75) is 26.1 Å². The number of aromatic nitrogens is 1. The first kappa shape index (κ1) is 13.8. The molecule has 1 heterocycles. The SMILES string of the molecule is CCCN(CC(F)(F)F)c1cccc(CO)n1. The minimum absolute atomic E-state index is 0.246. The Morgan fingerprint density at radius 3 is 2.59 bits per heavy atom. The molecule has 0 spiro atoms. The lowest BCUT2D eigenvalue weighted by Crippen LogP contribution is -2.35. The molecule has 0 unspecified atom stereocenters. The smallest absolute Gasteiger partial charge is 0.390 e. The zero-order valence-electron chi connectivity index (χ0n) is 9.54. The van der Waals surface area contributed by atoms with Gasteiger partial charge in [-0.1, -0.05) is 13.0 Å². The second-order valence-corrected chi connectivity index (χ2v) is 3.68. The van der Waals surface area contributed by atoms with E-state index in [4.69, 9.17) is 5.11 Å². The van der Waals surface area contributed by atoms with Gasteiger partial charge in [0.2, 0.25) is 0 Å². The van der Waals surface area contributed by atoms with Gasteiger partial charge in [0.05, 0.1) is 12.3 Å². The molecule has 0 saturated heterocycles. The van der Waals surface area contributed by atoms with Crippen LogP contribution in [0, 0.1) is 0 Å². The molecule has 0 fully saturated rings. The number of aliphatic hydroxyl groups is 1. The molecule has 1 aromatic heterocycles. The number of aliphatic hydroxyl groups excluding tert-OH is 1. The van der Waals surface area contributed by atoms with Crippen LogP contribution in [0.25, 0.3) is 0 Å². The third-order valence-electron chi connectivity index (χ3n) is 2.14. The van der Waals surface area contributed by atoms with E-state index >= 15 is 0 Å². The summed E-state index contributed by atoms with van der Waals surface area (Å²) in [5.41, 5.74) is 0.366. The number of nitrogens with zero attached hydrogens (tertiary/aromatic N) is 2. The molecule has 0 amide bonds. The maximum absolute atomic E-state index is 12.4. The van der Waals surface area contributed by atoms with E-state index in [1.165, 1.54) is 11.0 Å². The van der Waals surface area contributed by atoms with Crippen molar-refractivity contribution in [2.75, 3.05) is 18.0 Å². The van der Waals surface area contributed by atoms with Crippen LogP contribution in [0.15, 0.2) is 18.2 Å². The molecule has 1 aromatic rings. The summed E-state index contributed by atoms with van der Waals surface area (Å²) in [6.07, 6.45) is -3.66. The standard InChI is InChI=1S/C11H15F3N2O/c1-2-6-16(8-11(12,13)14)10-5-3-4-9(7-17)15-10/h3-5,17H,2,6-8H2,1H3. The number of hydrogen-bond donors (Lipinski definition) is 1. The van der Waals surface area contributed by atoms with E-state index in [0.717, 1.165) is 0 Å². The highest BCUT2D eigenvalue weighted by molar-refractivity contribution is 5.39. The summed E-state index contributed by atoms with van der Waals surface area (Å²) in [5, 5.41) is 8.90. The van der Waals surface area contributed by atoms with Crippen molar-refractivity contribution in [1.82, 2.24) is 4.98 Å². The molecular formula is C11H15F3N2O. The fourth-order valence-electron chi connectivity index (χ4n) is 1.49. The maximum Gasteiger partial charge on any atom is 0.405 e. The van der Waals surface area contributed by atoms with Gasteiger partial charge in [0.1, 0.15) is 12.4 Å². The minimum atomic E-state index is -4.26. The van der Waals surface area contributed by atoms with E-state index in [0.29, 0.717) is 12.1 Å². The zero-order chi connectivity index (χ0) is 12.9. The number of halogens is 3. The zero-order valence-corrected chi connectivity index (χ0v) is 9.54. The number of alkyl halides is 3. The highest BCUT2D eigenvalue weighted by Crippen LogP contribution is 2.21. The summed E-state index contributed by atoms with van der Waals surface area (Å²) in [5.74, 6) is 0.246. The van der Waals surface area contributed by atoms with Crippen molar-refractivity contribution in [3.8, 4) is 0 Å². The Morgan fingerprint density at radius 2 is 2.06 bits per heavy atom. The van der Waals surface area contributed by atoms with E-state index in [1.54, 1.807) is 19.1 Å². The van der Waals surface area contributed by atoms with Crippen molar-refractivity contribution >= 4 is 5.82 Å². The second-order valence-electron chi connectivity index (χ2n) is 3.68. The molecule has 0 aliphatic heterocycles. The van der Waals surface area contributed by atoms with Gasteiger partial charge in [0, 0.05) is 6.54 Å². The van der Waals surface area contributed by atoms with Crippen LogP contribution in [0.2, 0.25) is 0 Å². The van der Waals surface area contributed by atoms with E-state index in [1.807, 2.05) is 0 Å². The van der Waals surface area contributed by atoms with E-state index in [9.17, 15) is 13.2 Å². The molecule has 17 heavy (non-hydrogen) atoms. The highest BCUT2D eigenvalue weighted by Gasteiger charge is 2.31. The molecule has 1 N–H and O–H groups in total. The van der Waals surface area contributed by atoms with Gasteiger partial charge in [-0.3, -0.25) is 0 Å². The van der Waals surface area contributed by atoms with Gasteiger partial charge in [-0.2, -0.15) is 13.2 Å². The van der Waals surface area contributed by atoms with Crippen LogP contribution in [-0.2, 0) is 6.61 Å². The fourth-order valence-corrected chi connectivity index (χ4v) is 1.49. The summed E-state index contributed by atoms with van der Waals surface area (Å²) in [6.45, 7) is 0.781. The highest BCUT2D eigenvalue weighted by atomic mass is 19.4. The minimum Gasteiger partial charge on any atom is -0.390 e. The second kappa shape index (κ2) is 5.86. The summed E-state index contributed by atoms with van der Waals surface area (Å²) in [7, 11) is 0. The lowest BCUT2D eigenvalue weighted by molar-refractivity contribution is -0.119. The maximum atomic E-state index is 12.4. The number of rotatable bonds is 5. The summed E-state index contributed by atoms with van der Waals surface area (Å²) in [4.78, 5) is 5.14. The lowest BCUT2D eigenvalue weighted by atomic mass is 10.3. The van der Waals surface area contributed by atoms with Gasteiger partial charge in [-0.05, 0) is 18.6 Å². The quantitative estimate of drug-likeness (QED) is 0.869. The third-order valence-corrected chi connectivity index (χ3v) is 2.14. The Balaban J connectivity index is 2.88. The average Bonchev–Trinajstić information content (AvgIpc) is 2.27. The monoisotopic (exact) mass is 248 g/mol. The molecule has 0 aliphatic carbocycles. The molecule has 0 bridgehead atoms. The Labute approximate surface area is 97.9 Å². The summed E-state index contributed by atoms with van der Waals surface area (Å²) < 4.78 is 37.1. The first-order chi connectivity index (χ1) is 7.96. The summed E-state index contributed by atoms with van der Waals surface area (Å²) in [6, 6.07) is 4.68. The molecule has 1 rings (SSSR count). The lowest BCUT2D eigenvalue weighted by Gasteiger charge is -2.24. The molecule has 0 aromatic carbocycles. The van der Waals surface area contributed by atoms with Crippen LogP contribution in [-0.4, -0.2) is 29.4 Å².